The van der Waals surface area contributed by atoms with Gasteiger partial charge in [0.25, 0.3) is 5.69 Å². The normalized spacial score (nSPS) is 10.7. The number of nitrogens with one attached hydrogen (secondary N) is 1. The average Bonchev–Trinajstić information content (AvgIpc) is 2.71. The Bertz CT molecular complexity index is 883. The lowest BCUT2D eigenvalue weighted by atomic mass is 10.2. The second-order valence-electron chi connectivity index (χ2n) is 6.06. The summed E-state index contributed by atoms with van der Waals surface area (Å²) in [5, 5.41) is 26.1. The Labute approximate surface area is 167 Å². The molecule has 0 fully saturated rings. The molecule has 2 aromatic carbocycles. The quantitative estimate of drug-likeness (QED) is 0.253. The number of hydrogen-bond acceptors (Lipinski definition) is 8. The molecular formula is C19H22N4O6. The van der Waals surface area contributed by atoms with Crippen LogP contribution in [0.3, 0.4) is 0 Å². The molecule has 0 bridgehead atoms. The summed E-state index contributed by atoms with van der Waals surface area (Å²) in [7, 11) is 1.41. The van der Waals surface area contributed by atoms with Crippen molar-refractivity contribution in [3.63, 3.8) is 0 Å². The highest BCUT2D eigenvalue weighted by Gasteiger charge is 2.22. The Morgan fingerprint density at radius 1 is 1.10 bits per heavy atom. The van der Waals surface area contributed by atoms with Gasteiger partial charge in [-0.05, 0) is 24.6 Å². The zero-order chi connectivity index (χ0) is 21.2. The number of nitrogens with zero attached hydrogens (tertiary/aromatic N) is 3. The molecule has 29 heavy (non-hydrogen) atoms. The maximum absolute atomic E-state index is 11.5. The zero-order valence-corrected chi connectivity index (χ0v) is 16.2. The molecule has 0 aliphatic heterocycles. The summed E-state index contributed by atoms with van der Waals surface area (Å²) in [5.41, 5.74) is 3.44. The van der Waals surface area contributed by atoms with Gasteiger partial charge in [-0.2, -0.15) is 5.10 Å². The highest BCUT2D eigenvalue weighted by atomic mass is 16.6. The van der Waals surface area contributed by atoms with Crippen LogP contribution in [-0.4, -0.2) is 29.8 Å². The van der Waals surface area contributed by atoms with Crippen LogP contribution < -0.4 is 14.9 Å². The Morgan fingerprint density at radius 2 is 1.83 bits per heavy atom. The molecule has 1 N–H and O–H groups in total. The number of methoxy groups -OCH3 is 1. The first-order valence-electron chi connectivity index (χ1n) is 8.99. The van der Waals surface area contributed by atoms with Gasteiger partial charge in [0.1, 0.15) is 0 Å². The second-order valence-corrected chi connectivity index (χ2v) is 6.06. The van der Waals surface area contributed by atoms with Gasteiger partial charge in [0.2, 0.25) is 5.75 Å². The number of nitro groups is 2. The molecule has 0 heterocycles. The van der Waals surface area contributed by atoms with Crippen molar-refractivity contribution in [2.75, 3.05) is 19.1 Å². The molecule has 154 valence electrons. The van der Waals surface area contributed by atoms with E-state index in [0.29, 0.717) is 17.9 Å². The van der Waals surface area contributed by atoms with Crippen LogP contribution in [0.2, 0.25) is 0 Å². The molecular weight excluding hydrogens is 380 g/mol. The highest BCUT2D eigenvalue weighted by molar-refractivity contribution is 5.83. The average molecular weight is 402 g/mol. The van der Waals surface area contributed by atoms with Gasteiger partial charge in [0.05, 0.1) is 35.5 Å². The van der Waals surface area contributed by atoms with Gasteiger partial charge in [-0.3, -0.25) is 25.7 Å². The molecule has 0 aliphatic carbocycles. The first kappa shape index (κ1) is 21.6. The van der Waals surface area contributed by atoms with Crippen molar-refractivity contribution in [3.05, 3.63) is 62.2 Å². The summed E-state index contributed by atoms with van der Waals surface area (Å²) < 4.78 is 10.9. The number of unbranched alkanes of at least 4 members (excludes halogenated alkanes) is 2. The third-order valence-electron chi connectivity index (χ3n) is 3.95. The van der Waals surface area contributed by atoms with Crippen LogP contribution in [0.5, 0.6) is 11.5 Å². The standard InChI is InChI=1S/C19H22N4O6/c1-3-4-5-10-29-19-17(23(26)27)11-14(12-18(19)28-2)13-20-21-15-6-8-16(9-7-15)22(24)25/h6-9,11-13,21H,3-5,10H2,1-2H3/b20-13+. The summed E-state index contributed by atoms with van der Waals surface area (Å²) in [6.45, 7) is 2.42. The fourth-order valence-corrected chi connectivity index (χ4v) is 2.48. The molecule has 0 unspecified atom stereocenters. The minimum Gasteiger partial charge on any atom is -0.493 e. The summed E-state index contributed by atoms with van der Waals surface area (Å²) in [6.07, 6.45) is 4.16. The van der Waals surface area contributed by atoms with E-state index in [0.717, 1.165) is 19.3 Å². The van der Waals surface area contributed by atoms with Crippen molar-refractivity contribution in [2.45, 2.75) is 26.2 Å². The summed E-state index contributed by atoms with van der Waals surface area (Å²) in [5.74, 6) is 0.335. The zero-order valence-electron chi connectivity index (χ0n) is 16.2. The number of nitro benzene ring substituents is 2. The number of hydrogen-bond donors (Lipinski definition) is 1. The van der Waals surface area contributed by atoms with Gasteiger partial charge in [-0.1, -0.05) is 19.8 Å². The highest BCUT2D eigenvalue weighted by Crippen LogP contribution is 2.38. The molecule has 0 saturated carbocycles. The predicted octanol–water partition coefficient (Wildman–Crippen LogP) is 4.53. The first-order chi connectivity index (χ1) is 14.0. The number of non-ortho nitro benzene ring substituents is 1. The van der Waals surface area contributed by atoms with Crippen LogP contribution in [0, 0.1) is 20.2 Å². The number of hydrazone groups is 1. The number of benzene rings is 2. The van der Waals surface area contributed by atoms with Crippen molar-refractivity contribution in [2.24, 2.45) is 5.10 Å². The largest absolute Gasteiger partial charge is 0.493 e. The molecule has 0 aromatic heterocycles. The van der Waals surface area contributed by atoms with Crippen LogP contribution in [0.25, 0.3) is 0 Å². The minimum absolute atomic E-state index is 0.0329. The fourth-order valence-electron chi connectivity index (χ4n) is 2.48. The van der Waals surface area contributed by atoms with Gasteiger partial charge in [-0.15, -0.1) is 0 Å². The van der Waals surface area contributed by atoms with Gasteiger partial charge in [-0.25, -0.2) is 0 Å². The van der Waals surface area contributed by atoms with E-state index in [1.54, 1.807) is 6.07 Å². The van der Waals surface area contributed by atoms with Gasteiger partial charge in [0.15, 0.2) is 5.75 Å². The van der Waals surface area contributed by atoms with Crippen molar-refractivity contribution in [1.29, 1.82) is 0 Å². The number of anilines is 1. The van der Waals surface area contributed by atoms with E-state index in [1.807, 2.05) is 0 Å². The fraction of sp³-hybridized carbons (Fsp3) is 0.316. The SMILES string of the molecule is CCCCCOc1c(OC)cc(/C=N/Nc2ccc([N+](=O)[O-])cc2)cc1[N+](=O)[O-]. The number of rotatable bonds is 11. The van der Waals surface area contributed by atoms with E-state index in [1.165, 1.54) is 43.7 Å². The van der Waals surface area contributed by atoms with Crippen molar-refractivity contribution in [3.8, 4) is 11.5 Å². The predicted molar refractivity (Wildman–Crippen MR) is 109 cm³/mol. The van der Waals surface area contributed by atoms with E-state index in [-0.39, 0.29) is 22.9 Å². The Hall–Kier alpha value is -3.69. The Morgan fingerprint density at radius 3 is 2.41 bits per heavy atom. The third-order valence-corrected chi connectivity index (χ3v) is 3.95. The maximum Gasteiger partial charge on any atom is 0.315 e. The summed E-state index contributed by atoms with van der Waals surface area (Å²) in [4.78, 5) is 21.1. The third kappa shape index (κ3) is 6.16. The molecule has 10 heteroatoms. The van der Waals surface area contributed by atoms with E-state index in [9.17, 15) is 20.2 Å². The van der Waals surface area contributed by atoms with Crippen LogP contribution in [-0.2, 0) is 0 Å². The summed E-state index contributed by atoms with van der Waals surface area (Å²) >= 11 is 0. The summed E-state index contributed by atoms with van der Waals surface area (Å²) in [6, 6.07) is 8.63. The molecule has 0 spiro atoms. The van der Waals surface area contributed by atoms with Crippen molar-refractivity contribution < 1.29 is 19.3 Å². The van der Waals surface area contributed by atoms with Crippen molar-refractivity contribution in [1.82, 2.24) is 0 Å². The molecule has 0 radical (unpaired) electrons. The molecule has 0 amide bonds. The van der Waals surface area contributed by atoms with E-state index < -0.39 is 9.85 Å². The van der Waals surface area contributed by atoms with E-state index in [2.05, 4.69) is 17.5 Å². The lowest BCUT2D eigenvalue weighted by Crippen LogP contribution is -2.04. The molecule has 2 aromatic rings. The van der Waals surface area contributed by atoms with E-state index >= 15 is 0 Å². The minimum atomic E-state index is -0.529. The molecule has 2 rings (SSSR count). The first-order valence-corrected chi connectivity index (χ1v) is 8.99. The van der Waals surface area contributed by atoms with Crippen LogP contribution >= 0.6 is 0 Å². The van der Waals surface area contributed by atoms with E-state index in [4.69, 9.17) is 9.47 Å². The monoisotopic (exact) mass is 402 g/mol. The van der Waals surface area contributed by atoms with Gasteiger partial charge in [0, 0.05) is 23.8 Å². The topological polar surface area (TPSA) is 129 Å². The maximum atomic E-state index is 11.5. The molecule has 0 aliphatic rings. The van der Waals surface area contributed by atoms with Gasteiger partial charge >= 0.3 is 5.69 Å². The molecule has 10 nitrogen and oxygen atoms in total. The lowest BCUT2D eigenvalue weighted by molar-refractivity contribution is -0.386. The smallest absolute Gasteiger partial charge is 0.315 e. The van der Waals surface area contributed by atoms with Crippen LogP contribution in [0.1, 0.15) is 31.7 Å². The molecule has 0 saturated heterocycles. The van der Waals surface area contributed by atoms with Gasteiger partial charge < -0.3 is 9.47 Å². The number of ether oxygens (including phenoxy) is 2. The van der Waals surface area contributed by atoms with Crippen LogP contribution in [0.15, 0.2) is 41.5 Å². The Balaban J connectivity index is 2.17. The van der Waals surface area contributed by atoms with Crippen molar-refractivity contribution >= 4 is 23.3 Å². The lowest BCUT2D eigenvalue weighted by Gasteiger charge is -2.11. The second kappa shape index (κ2) is 10.6. The van der Waals surface area contributed by atoms with Crippen LogP contribution in [0.4, 0.5) is 17.1 Å². The Kier molecular flexibility index (Phi) is 7.89. The molecule has 0 atom stereocenters.